The summed E-state index contributed by atoms with van der Waals surface area (Å²) in [7, 11) is 1.43. The Morgan fingerprint density at radius 2 is 2.11 bits per heavy atom. The maximum atomic E-state index is 12.6. The average Bonchev–Trinajstić information content (AvgIpc) is 3.57. The van der Waals surface area contributed by atoms with Crippen molar-refractivity contribution in [2.45, 2.75) is 69.4 Å². The predicted octanol–water partition coefficient (Wildman–Crippen LogP) is 1.90. The lowest BCUT2D eigenvalue weighted by Gasteiger charge is -2.24. The summed E-state index contributed by atoms with van der Waals surface area (Å²) in [5, 5.41) is 27.8. The molecule has 4 rings (SSSR count). The normalized spacial score (nSPS) is 25.0. The summed E-state index contributed by atoms with van der Waals surface area (Å²) in [6, 6.07) is 5.26. The van der Waals surface area contributed by atoms with Crippen molar-refractivity contribution in [3.05, 3.63) is 30.6 Å². The molecular formula is C24H30N5O6. The fourth-order valence-corrected chi connectivity index (χ4v) is 4.48. The first-order valence-corrected chi connectivity index (χ1v) is 11.7. The summed E-state index contributed by atoms with van der Waals surface area (Å²) in [6.45, 7) is 3.14. The van der Waals surface area contributed by atoms with Gasteiger partial charge in [-0.2, -0.15) is 10.4 Å². The summed E-state index contributed by atoms with van der Waals surface area (Å²) < 4.78 is 17.9. The molecule has 0 unspecified atom stereocenters. The van der Waals surface area contributed by atoms with Crippen LogP contribution in [0.3, 0.4) is 0 Å². The molecule has 2 aliphatic rings. The highest BCUT2D eigenvalue weighted by molar-refractivity contribution is 5.98. The highest BCUT2D eigenvalue weighted by Gasteiger charge is 2.52. The monoisotopic (exact) mass is 484 g/mol. The number of fused-ring (bicyclic) bond motifs is 1. The molecule has 1 saturated heterocycles. The lowest BCUT2D eigenvalue weighted by molar-refractivity contribution is -0.149. The molecule has 0 spiro atoms. The van der Waals surface area contributed by atoms with Gasteiger partial charge in [0.1, 0.15) is 42.3 Å². The molecule has 1 saturated carbocycles. The molecule has 1 aliphatic carbocycles. The van der Waals surface area contributed by atoms with Crippen LogP contribution in [0.4, 0.5) is 5.82 Å². The number of nitriles is 1. The van der Waals surface area contributed by atoms with Gasteiger partial charge in [-0.05, 0) is 44.7 Å². The zero-order valence-electron chi connectivity index (χ0n) is 20.1. The van der Waals surface area contributed by atoms with Crippen LogP contribution in [0.2, 0.25) is 0 Å². The van der Waals surface area contributed by atoms with E-state index >= 15 is 0 Å². The standard InChI is InChI=1S/C24H30N5O6/c1-23(2,33-3)22(32)28-21-17-8-9-18(29(17)27-14-26-21)24(13-25)19(30)11-16(35-24)12-34-20(31)10-15-6-4-5-7-15/h8-9,11,14-16,19,30H,4-7,10,12H2,1-3H3,(H,26,27,28,32)/t16-,19-,24+/m1/s1. The van der Waals surface area contributed by atoms with E-state index in [0.717, 1.165) is 25.7 Å². The molecule has 0 aromatic carbocycles. The molecule has 2 aromatic rings. The second-order valence-corrected chi connectivity index (χ2v) is 9.47. The van der Waals surface area contributed by atoms with Crippen LogP contribution in [0, 0.1) is 23.7 Å². The first kappa shape index (κ1) is 25.0. The third-order valence-corrected chi connectivity index (χ3v) is 6.78. The number of hydrogen-bond acceptors (Lipinski definition) is 9. The van der Waals surface area contributed by atoms with Gasteiger partial charge in [-0.15, -0.1) is 0 Å². The third kappa shape index (κ3) is 4.87. The number of methoxy groups -OCH3 is 1. The number of aromatic nitrogens is 3. The van der Waals surface area contributed by atoms with Gasteiger partial charge in [0.15, 0.2) is 5.82 Å². The zero-order chi connectivity index (χ0) is 25.2. The molecule has 2 N–H and O–H groups in total. The fourth-order valence-electron chi connectivity index (χ4n) is 4.48. The van der Waals surface area contributed by atoms with Gasteiger partial charge in [0.2, 0.25) is 5.60 Å². The molecule has 1 amide bonds. The van der Waals surface area contributed by atoms with E-state index in [9.17, 15) is 20.0 Å². The predicted molar refractivity (Wildman–Crippen MR) is 123 cm³/mol. The molecule has 187 valence electrons. The van der Waals surface area contributed by atoms with Gasteiger partial charge < -0.3 is 24.6 Å². The Kier molecular flexibility index (Phi) is 7.07. The van der Waals surface area contributed by atoms with Crippen LogP contribution < -0.4 is 5.32 Å². The number of hydrogen-bond donors (Lipinski definition) is 2. The number of aliphatic hydroxyl groups is 1. The van der Waals surface area contributed by atoms with Crippen molar-refractivity contribution in [3.8, 4) is 6.07 Å². The van der Waals surface area contributed by atoms with E-state index in [2.05, 4.69) is 21.5 Å². The molecule has 2 fully saturated rings. The van der Waals surface area contributed by atoms with E-state index in [4.69, 9.17) is 14.2 Å². The first-order chi connectivity index (χ1) is 16.7. The number of nitrogens with zero attached hydrogens (tertiary/aromatic N) is 4. The van der Waals surface area contributed by atoms with E-state index < -0.39 is 29.3 Å². The van der Waals surface area contributed by atoms with Gasteiger partial charge in [-0.1, -0.05) is 12.8 Å². The maximum absolute atomic E-state index is 12.6. The molecule has 0 bridgehead atoms. The Hall–Kier alpha value is -3.07. The van der Waals surface area contributed by atoms with Crippen LogP contribution in [0.5, 0.6) is 0 Å². The molecule has 1 aliphatic heterocycles. The quantitative estimate of drug-likeness (QED) is 0.536. The maximum Gasteiger partial charge on any atom is 0.306 e. The second-order valence-electron chi connectivity index (χ2n) is 9.47. The zero-order valence-corrected chi connectivity index (χ0v) is 20.1. The minimum atomic E-state index is -1.78. The van der Waals surface area contributed by atoms with Crippen LogP contribution >= 0.6 is 0 Å². The highest BCUT2D eigenvalue weighted by Crippen LogP contribution is 2.40. The van der Waals surface area contributed by atoms with Gasteiger partial charge in [-0.3, -0.25) is 9.59 Å². The molecule has 11 heteroatoms. The molecule has 3 heterocycles. The van der Waals surface area contributed by atoms with Crippen LogP contribution in [-0.4, -0.2) is 63.1 Å². The highest BCUT2D eigenvalue weighted by atomic mass is 16.6. The Bertz CT molecular complexity index is 1140. The van der Waals surface area contributed by atoms with Gasteiger partial charge in [0.25, 0.3) is 5.91 Å². The number of amides is 1. The summed E-state index contributed by atoms with van der Waals surface area (Å²) in [5.41, 5.74) is -2.22. The van der Waals surface area contributed by atoms with Crippen LogP contribution in [0.1, 0.15) is 51.6 Å². The number of carbonyl (C=O) groups is 2. The summed E-state index contributed by atoms with van der Waals surface area (Å²) in [4.78, 5) is 28.9. The SMILES string of the molecule is COC(C)(C)C(=O)Nc1ncnn2c([C@]3(C#N)O[C@@H](COC(=O)CC4CCCC4)[CH][C@H]3O)ccc12. The Morgan fingerprint density at radius 3 is 2.80 bits per heavy atom. The van der Waals surface area contributed by atoms with E-state index in [1.807, 2.05) is 0 Å². The van der Waals surface area contributed by atoms with Crippen LogP contribution in [0.15, 0.2) is 18.5 Å². The van der Waals surface area contributed by atoms with Gasteiger partial charge in [0.05, 0.1) is 5.69 Å². The van der Waals surface area contributed by atoms with E-state index in [-0.39, 0.29) is 24.1 Å². The van der Waals surface area contributed by atoms with Crippen LogP contribution in [-0.2, 0) is 29.4 Å². The second kappa shape index (κ2) is 9.89. The minimum Gasteiger partial charge on any atom is -0.463 e. The number of rotatable bonds is 8. The van der Waals surface area contributed by atoms with Crippen molar-refractivity contribution >= 4 is 23.2 Å². The smallest absolute Gasteiger partial charge is 0.306 e. The lowest BCUT2D eigenvalue weighted by Crippen LogP contribution is -2.39. The number of esters is 1. The van der Waals surface area contributed by atoms with Gasteiger partial charge >= 0.3 is 5.97 Å². The van der Waals surface area contributed by atoms with Crippen molar-refractivity contribution in [1.29, 1.82) is 5.26 Å². The third-order valence-electron chi connectivity index (χ3n) is 6.78. The fraction of sp³-hybridized carbons (Fsp3) is 0.583. The van der Waals surface area contributed by atoms with E-state index in [1.54, 1.807) is 26.0 Å². The number of aliphatic hydroxyl groups excluding tert-OH is 1. The lowest BCUT2D eigenvalue weighted by atomic mass is 9.94. The van der Waals surface area contributed by atoms with Gasteiger partial charge in [-0.25, -0.2) is 9.50 Å². The number of anilines is 1. The van der Waals surface area contributed by atoms with E-state index in [0.29, 0.717) is 17.9 Å². The van der Waals surface area contributed by atoms with Crippen molar-refractivity contribution < 1.29 is 28.9 Å². The Labute approximate surface area is 203 Å². The van der Waals surface area contributed by atoms with Crippen molar-refractivity contribution in [2.75, 3.05) is 19.0 Å². The van der Waals surface area contributed by atoms with Crippen molar-refractivity contribution in [3.63, 3.8) is 0 Å². The molecule has 11 nitrogen and oxygen atoms in total. The van der Waals surface area contributed by atoms with Gasteiger partial charge in [0, 0.05) is 20.0 Å². The Balaban J connectivity index is 1.51. The van der Waals surface area contributed by atoms with E-state index in [1.165, 1.54) is 24.4 Å². The van der Waals surface area contributed by atoms with Crippen molar-refractivity contribution in [2.24, 2.45) is 5.92 Å². The molecule has 3 atom stereocenters. The van der Waals surface area contributed by atoms with Crippen LogP contribution in [0.25, 0.3) is 5.52 Å². The first-order valence-electron chi connectivity index (χ1n) is 11.7. The topological polar surface area (TPSA) is 148 Å². The largest absolute Gasteiger partial charge is 0.463 e. The molecule has 1 radical (unpaired) electrons. The molecule has 2 aromatic heterocycles. The summed E-state index contributed by atoms with van der Waals surface area (Å²) in [6.07, 6.45) is 5.31. The Morgan fingerprint density at radius 1 is 1.37 bits per heavy atom. The number of ether oxygens (including phenoxy) is 3. The number of nitrogens with one attached hydrogen (secondary N) is 1. The minimum absolute atomic E-state index is 0.0995. The molecule has 35 heavy (non-hydrogen) atoms. The number of carbonyl (C=O) groups excluding carboxylic acids is 2. The summed E-state index contributed by atoms with van der Waals surface area (Å²) >= 11 is 0. The molecular weight excluding hydrogens is 454 g/mol. The van der Waals surface area contributed by atoms with Crippen molar-refractivity contribution in [1.82, 2.24) is 14.6 Å². The summed E-state index contributed by atoms with van der Waals surface area (Å²) in [5.74, 6) is -0.152. The average molecular weight is 485 g/mol.